The van der Waals surface area contributed by atoms with E-state index >= 15 is 0 Å². The van der Waals surface area contributed by atoms with Crippen LogP contribution in [0.15, 0.2) is 36.4 Å². The fourth-order valence-electron chi connectivity index (χ4n) is 3.48. The van der Waals surface area contributed by atoms with Gasteiger partial charge in [0.25, 0.3) is 5.91 Å². The van der Waals surface area contributed by atoms with Gasteiger partial charge < -0.3 is 23.8 Å². The Morgan fingerprint density at radius 3 is 2.28 bits per heavy atom. The van der Waals surface area contributed by atoms with Crippen molar-refractivity contribution in [1.29, 1.82) is 0 Å². The zero-order valence-electron chi connectivity index (χ0n) is 16.9. The Hall–Kier alpha value is -2.80. The predicted molar refractivity (Wildman–Crippen MR) is 106 cm³/mol. The summed E-state index contributed by atoms with van der Waals surface area (Å²) in [6.07, 6.45) is 1.87. The van der Waals surface area contributed by atoms with Crippen LogP contribution in [0.5, 0.6) is 17.2 Å². The standard InChI is InChI=1S/C22H26FNO5/c1-26-19-11-15(12-20(27-2)21(19)28-3)13-24(14-18-5-4-10-29-18)22(25)16-6-8-17(23)9-7-16/h6-9,11-12,18H,4-5,10,13-14H2,1-3H3/t18-/m1/s1. The van der Waals surface area contributed by atoms with E-state index in [4.69, 9.17) is 18.9 Å². The lowest BCUT2D eigenvalue weighted by atomic mass is 10.1. The molecule has 0 unspecified atom stereocenters. The molecule has 0 aromatic heterocycles. The van der Waals surface area contributed by atoms with Gasteiger partial charge >= 0.3 is 0 Å². The zero-order valence-corrected chi connectivity index (χ0v) is 16.9. The summed E-state index contributed by atoms with van der Waals surface area (Å²) in [5.41, 5.74) is 1.25. The number of hydrogen-bond donors (Lipinski definition) is 0. The third-order valence-corrected chi connectivity index (χ3v) is 4.92. The molecule has 7 heteroatoms. The number of benzene rings is 2. The highest BCUT2D eigenvalue weighted by Crippen LogP contribution is 2.38. The van der Waals surface area contributed by atoms with Gasteiger partial charge in [0, 0.05) is 25.3 Å². The van der Waals surface area contributed by atoms with Crippen molar-refractivity contribution < 1.29 is 28.1 Å². The summed E-state index contributed by atoms with van der Waals surface area (Å²) >= 11 is 0. The Morgan fingerprint density at radius 2 is 1.76 bits per heavy atom. The minimum Gasteiger partial charge on any atom is -0.493 e. The molecule has 0 aliphatic carbocycles. The Labute approximate surface area is 170 Å². The SMILES string of the molecule is COc1cc(CN(C[C@H]2CCCO2)C(=O)c2ccc(F)cc2)cc(OC)c1OC. The molecular weight excluding hydrogens is 377 g/mol. The van der Waals surface area contributed by atoms with Crippen LogP contribution in [0.2, 0.25) is 0 Å². The molecule has 29 heavy (non-hydrogen) atoms. The second kappa shape index (κ2) is 9.60. The Kier molecular flexibility index (Phi) is 6.93. The molecule has 0 spiro atoms. The van der Waals surface area contributed by atoms with E-state index in [9.17, 15) is 9.18 Å². The van der Waals surface area contributed by atoms with E-state index in [1.165, 1.54) is 24.3 Å². The van der Waals surface area contributed by atoms with Gasteiger partial charge in [-0.3, -0.25) is 4.79 Å². The molecule has 1 aliphatic rings. The van der Waals surface area contributed by atoms with Crippen molar-refractivity contribution in [3.05, 3.63) is 53.3 Å². The van der Waals surface area contributed by atoms with Gasteiger partial charge in [-0.2, -0.15) is 0 Å². The quantitative estimate of drug-likeness (QED) is 0.673. The molecule has 2 aromatic rings. The normalized spacial score (nSPS) is 15.8. The van der Waals surface area contributed by atoms with Crippen LogP contribution in [0, 0.1) is 5.82 Å². The van der Waals surface area contributed by atoms with Crippen molar-refractivity contribution >= 4 is 5.91 Å². The number of carbonyl (C=O) groups excluding carboxylic acids is 1. The molecule has 156 valence electrons. The molecule has 2 aromatic carbocycles. The molecule has 6 nitrogen and oxygen atoms in total. The highest BCUT2D eigenvalue weighted by atomic mass is 19.1. The topological polar surface area (TPSA) is 57.2 Å². The highest BCUT2D eigenvalue weighted by Gasteiger charge is 2.25. The third-order valence-electron chi connectivity index (χ3n) is 4.92. The predicted octanol–water partition coefficient (Wildman–Crippen LogP) is 3.67. The van der Waals surface area contributed by atoms with Crippen LogP contribution in [0.4, 0.5) is 4.39 Å². The molecule has 1 atom stereocenters. The van der Waals surface area contributed by atoms with Gasteiger partial charge in [-0.1, -0.05) is 0 Å². The molecule has 1 amide bonds. The van der Waals surface area contributed by atoms with E-state index in [0.717, 1.165) is 18.4 Å². The van der Waals surface area contributed by atoms with Gasteiger partial charge in [0.1, 0.15) is 5.82 Å². The summed E-state index contributed by atoms with van der Waals surface area (Å²) in [6, 6.07) is 9.21. The average Bonchev–Trinajstić information content (AvgIpc) is 3.25. The molecule has 1 heterocycles. The van der Waals surface area contributed by atoms with Gasteiger partial charge in [-0.05, 0) is 54.8 Å². The van der Waals surface area contributed by atoms with Crippen molar-refractivity contribution in [3.63, 3.8) is 0 Å². The average molecular weight is 403 g/mol. The van der Waals surface area contributed by atoms with E-state index in [2.05, 4.69) is 0 Å². The van der Waals surface area contributed by atoms with Gasteiger partial charge in [-0.15, -0.1) is 0 Å². The van der Waals surface area contributed by atoms with Gasteiger partial charge in [0.15, 0.2) is 11.5 Å². The van der Waals surface area contributed by atoms with Crippen molar-refractivity contribution in [1.82, 2.24) is 4.90 Å². The van der Waals surface area contributed by atoms with Gasteiger partial charge in [0.2, 0.25) is 5.75 Å². The molecule has 0 saturated carbocycles. The lowest BCUT2D eigenvalue weighted by Crippen LogP contribution is -2.37. The monoisotopic (exact) mass is 403 g/mol. The largest absolute Gasteiger partial charge is 0.493 e. The van der Waals surface area contributed by atoms with Crippen molar-refractivity contribution in [2.75, 3.05) is 34.5 Å². The molecule has 1 fully saturated rings. The van der Waals surface area contributed by atoms with E-state index in [1.807, 2.05) is 12.1 Å². The lowest BCUT2D eigenvalue weighted by molar-refractivity contribution is 0.0507. The second-order valence-corrected chi connectivity index (χ2v) is 6.86. The van der Waals surface area contributed by atoms with Crippen LogP contribution in [-0.2, 0) is 11.3 Å². The molecule has 1 aliphatic heterocycles. The molecule has 1 saturated heterocycles. The third kappa shape index (κ3) is 4.98. The Morgan fingerprint density at radius 1 is 1.10 bits per heavy atom. The maximum absolute atomic E-state index is 13.3. The van der Waals surface area contributed by atoms with Crippen LogP contribution in [-0.4, -0.2) is 51.4 Å². The van der Waals surface area contributed by atoms with Crippen LogP contribution < -0.4 is 14.2 Å². The van der Waals surface area contributed by atoms with Crippen molar-refractivity contribution in [2.45, 2.75) is 25.5 Å². The maximum Gasteiger partial charge on any atom is 0.254 e. The number of hydrogen-bond acceptors (Lipinski definition) is 5. The summed E-state index contributed by atoms with van der Waals surface area (Å²) in [4.78, 5) is 14.9. The van der Waals surface area contributed by atoms with E-state index in [0.29, 0.717) is 42.5 Å². The number of amides is 1. The second-order valence-electron chi connectivity index (χ2n) is 6.86. The minimum atomic E-state index is -0.378. The number of halogens is 1. The first-order chi connectivity index (χ1) is 14.0. The summed E-state index contributed by atoms with van der Waals surface area (Å²) < 4.78 is 35.2. The van der Waals surface area contributed by atoms with E-state index < -0.39 is 0 Å². The van der Waals surface area contributed by atoms with E-state index in [-0.39, 0.29) is 17.8 Å². The van der Waals surface area contributed by atoms with Crippen LogP contribution in [0.1, 0.15) is 28.8 Å². The lowest BCUT2D eigenvalue weighted by Gasteiger charge is -2.26. The molecule has 0 radical (unpaired) electrons. The highest BCUT2D eigenvalue weighted by molar-refractivity contribution is 5.94. The minimum absolute atomic E-state index is 0.0126. The first kappa shape index (κ1) is 20.9. The summed E-state index contributed by atoms with van der Waals surface area (Å²) in [5, 5.41) is 0. The molecule has 3 rings (SSSR count). The summed E-state index contributed by atoms with van der Waals surface area (Å²) in [6.45, 7) is 1.48. The maximum atomic E-state index is 13.3. The van der Waals surface area contributed by atoms with Crippen molar-refractivity contribution in [2.24, 2.45) is 0 Å². The van der Waals surface area contributed by atoms with Crippen molar-refractivity contribution in [3.8, 4) is 17.2 Å². The van der Waals surface area contributed by atoms with Crippen LogP contribution in [0.25, 0.3) is 0 Å². The van der Waals surface area contributed by atoms with E-state index in [1.54, 1.807) is 26.2 Å². The Bertz CT molecular complexity index is 809. The molecular formula is C22H26FNO5. The summed E-state index contributed by atoms with van der Waals surface area (Å²) in [7, 11) is 4.64. The first-order valence-electron chi connectivity index (χ1n) is 9.51. The van der Waals surface area contributed by atoms with Gasteiger partial charge in [0.05, 0.1) is 27.4 Å². The van der Waals surface area contributed by atoms with Crippen LogP contribution in [0.3, 0.4) is 0 Å². The zero-order chi connectivity index (χ0) is 20.8. The fourth-order valence-corrected chi connectivity index (χ4v) is 3.48. The fraction of sp³-hybridized carbons (Fsp3) is 0.409. The number of nitrogens with zero attached hydrogens (tertiary/aromatic N) is 1. The summed E-state index contributed by atoms with van der Waals surface area (Å²) in [5.74, 6) is 0.974. The number of rotatable bonds is 8. The van der Waals surface area contributed by atoms with Crippen LogP contribution >= 0.6 is 0 Å². The number of methoxy groups -OCH3 is 3. The van der Waals surface area contributed by atoms with Gasteiger partial charge in [-0.25, -0.2) is 4.39 Å². The molecule has 0 bridgehead atoms. The number of carbonyl (C=O) groups is 1. The molecule has 0 N–H and O–H groups in total. The number of ether oxygens (including phenoxy) is 4. The first-order valence-corrected chi connectivity index (χ1v) is 9.51. The smallest absolute Gasteiger partial charge is 0.254 e. The Balaban J connectivity index is 1.89.